The van der Waals surface area contributed by atoms with Crippen LogP contribution in [0.2, 0.25) is 0 Å². The van der Waals surface area contributed by atoms with Crippen molar-refractivity contribution >= 4 is 21.7 Å². The summed E-state index contributed by atoms with van der Waals surface area (Å²) >= 11 is 2.88. The van der Waals surface area contributed by atoms with Gasteiger partial charge in [0.1, 0.15) is 11.1 Å². The Morgan fingerprint density at radius 1 is 1.77 bits per heavy atom. The third-order valence-corrected chi connectivity index (χ3v) is 1.85. The zero-order valence-corrected chi connectivity index (χ0v) is 7.74. The van der Waals surface area contributed by atoms with Crippen molar-refractivity contribution in [2.24, 2.45) is 0 Å². The molecule has 0 N–H and O–H groups in total. The van der Waals surface area contributed by atoms with Crippen molar-refractivity contribution in [2.45, 2.75) is 13.0 Å². The summed E-state index contributed by atoms with van der Waals surface area (Å²) in [5, 5.41) is 13.5. The number of nitro groups is 1. The Morgan fingerprint density at radius 3 is 2.77 bits per heavy atom. The molecular formula is C5H4BrF2N3O2. The van der Waals surface area contributed by atoms with Crippen LogP contribution < -0.4 is 0 Å². The summed E-state index contributed by atoms with van der Waals surface area (Å²) in [7, 11) is 0. The van der Waals surface area contributed by atoms with E-state index in [4.69, 9.17) is 0 Å². The van der Waals surface area contributed by atoms with E-state index in [0.717, 1.165) is 10.7 Å². The maximum atomic E-state index is 11.9. The number of nitrogens with zero attached hydrogens (tertiary/aromatic N) is 3. The molecule has 1 aromatic heterocycles. The van der Waals surface area contributed by atoms with Gasteiger partial charge in [-0.3, -0.25) is 0 Å². The fraction of sp³-hybridized carbons (Fsp3) is 0.400. The Bertz CT molecular complexity index is 328. The molecule has 0 aliphatic rings. The normalized spacial score (nSPS) is 10.8. The predicted octanol–water partition coefficient (Wildman–Crippen LogP) is 1.82. The minimum atomic E-state index is -2.59. The third kappa shape index (κ3) is 2.44. The Balaban J connectivity index is 2.90. The molecule has 0 amide bonds. The van der Waals surface area contributed by atoms with Crippen LogP contribution in [0.5, 0.6) is 0 Å². The van der Waals surface area contributed by atoms with E-state index in [1.807, 2.05) is 0 Å². The summed E-state index contributed by atoms with van der Waals surface area (Å²) in [6.07, 6.45) is -2.59. The molecule has 5 nitrogen and oxygen atoms in total. The maximum Gasteiger partial charge on any atom is 0.391 e. The molecule has 1 rings (SSSR count). The number of halogens is 3. The van der Waals surface area contributed by atoms with Crippen LogP contribution in [0, 0.1) is 10.1 Å². The maximum absolute atomic E-state index is 11.9. The standard InChI is InChI=1S/C5H4BrF2N3O2/c6-3-1-5(11(12)13)9-10(3)2-4(7)8/h1,4H,2H2. The molecule has 13 heavy (non-hydrogen) atoms. The van der Waals surface area contributed by atoms with Crippen molar-refractivity contribution in [3.8, 4) is 0 Å². The van der Waals surface area contributed by atoms with E-state index >= 15 is 0 Å². The van der Waals surface area contributed by atoms with Crippen molar-refractivity contribution in [1.82, 2.24) is 9.78 Å². The quantitative estimate of drug-likeness (QED) is 0.612. The molecule has 1 heterocycles. The predicted molar refractivity (Wildman–Crippen MR) is 42.6 cm³/mol. The second-order valence-corrected chi connectivity index (χ2v) is 2.97. The Morgan fingerprint density at radius 2 is 2.38 bits per heavy atom. The molecular weight excluding hydrogens is 252 g/mol. The van der Waals surface area contributed by atoms with E-state index in [-0.39, 0.29) is 4.60 Å². The van der Waals surface area contributed by atoms with Crippen LogP contribution in [0.25, 0.3) is 0 Å². The zero-order valence-electron chi connectivity index (χ0n) is 6.15. The van der Waals surface area contributed by atoms with E-state index < -0.39 is 23.7 Å². The third-order valence-electron chi connectivity index (χ3n) is 1.22. The molecule has 0 saturated heterocycles. The van der Waals surface area contributed by atoms with Gasteiger partial charge in [-0.05, 0) is 20.9 Å². The second kappa shape index (κ2) is 3.77. The van der Waals surface area contributed by atoms with Gasteiger partial charge in [0, 0.05) is 0 Å². The Hall–Kier alpha value is -1.05. The monoisotopic (exact) mass is 255 g/mol. The smallest absolute Gasteiger partial charge is 0.358 e. The lowest BCUT2D eigenvalue weighted by atomic mass is 10.6. The first-order valence-corrected chi connectivity index (χ1v) is 3.96. The summed E-state index contributed by atoms with van der Waals surface area (Å²) in [5.41, 5.74) is 0. The lowest BCUT2D eigenvalue weighted by Gasteiger charge is -1.95. The fourth-order valence-corrected chi connectivity index (χ4v) is 1.16. The van der Waals surface area contributed by atoms with Gasteiger partial charge in [0.05, 0.1) is 11.2 Å². The molecule has 0 radical (unpaired) electrons. The van der Waals surface area contributed by atoms with Gasteiger partial charge in [-0.25, -0.2) is 8.78 Å². The number of aromatic nitrogens is 2. The molecule has 0 spiro atoms. The van der Waals surface area contributed by atoms with E-state index in [0.29, 0.717) is 0 Å². The number of rotatable bonds is 3. The van der Waals surface area contributed by atoms with Crippen molar-refractivity contribution in [3.63, 3.8) is 0 Å². The minimum Gasteiger partial charge on any atom is -0.358 e. The summed E-state index contributed by atoms with van der Waals surface area (Å²) in [6, 6.07) is 1.07. The van der Waals surface area contributed by atoms with Crippen LogP contribution in [0.1, 0.15) is 0 Å². The average molecular weight is 256 g/mol. The summed E-state index contributed by atoms with van der Waals surface area (Å²) in [5.74, 6) is -0.451. The first kappa shape index (κ1) is 10.0. The van der Waals surface area contributed by atoms with E-state index in [9.17, 15) is 18.9 Å². The average Bonchev–Trinajstić information content (AvgIpc) is 2.31. The highest BCUT2D eigenvalue weighted by Crippen LogP contribution is 2.18. The molecule has 0 aliphatic carbocycles. The molecule has 0 saturated carbocycles. The van der Waals surface area contributed by atoms with Crippen LogP contribution >= 0.6 is 15.9 Å². The van der Waals surface area contributed by atoms with Gasteiger partial charge in [-0.15, -0.1) is 0 Å². The lowest BCUT2D eigenvalue weighted by molar-refractivity contribution is -0.389. The van der Waals surface area contributed by atoms with Gasteiger partial charge < -0.3 is 10.1 Å². The van der Waals surface area contributed by atoms with Crippen LogP contribution in [-0.2, 0) is 6.54 Å². The van der Waals surface area contributed by atoms with Crippen molar-refractivity contribution in [2.75, 3.05) is 0 Å². The molecule has 0 unspecified atom stereocenters. The van der Waals surface area contributed by atoms with Gasteiger partial charge >= 0.3 is 5.82 Å². The topological polar surface area (TPSA) is 61.0 Å². The zero-order chi connectivity index (χ0) is 10.0. The van der Waals surface area contributed by atoms with Gasteiger partial charge in [0.15, 0.2) is 0 Å². The van der Waals surface area contributed by atoms with Crippen LogP contribution in [-0.4, -0.2) is 21.1 Å². The number of hydrogen-bond donors (Lipinski definition) is 0. The number of alkyl halides is 2. The molecule has 8 heteroatoms. The molecule has 72 valence electrons. The largest absolute Gasteiger partial charge is 0.391 e. The SMILES string of the molecule is O=[N+]([O-])c1cc(Br)n(CC(F)F)n1. The number of hydrogen-bond acceptors (Lipinski definition) is 3. The molecule has 0 aromatic carbocycles. The van der Waals surface area contributed by atoms with Gasteiger partial charge in [0.2, 0.25) is 0 Å². The van der Waals surface area contributed by atoms with E-state index in [2.05, 4.69) is 21.0 Å². The molecule has 0 fully saturated rings. The molecule has 0 bridgehead atoms. The van der Waals surface area contributed by atoms with Crippen LogP contribution in [0.3, 0.4) is 0 Å². The summed E-state index contributed by atoms with van der Waals surface area (Å²) in [6.45, 7) is -0.658. The van der Waals surface area contributed by atoms with Crippen LogP contribution in [0.15, 0.2) is 10.7 Å². The highest BCUT2D eigenvalue weighted by atomic mass is 79.9. The minimum absolute atomic E-state index is 0.166. The lowest BCUT2D eigenvalue weighted by Crippen LogP contribution is -2.08. The Labute approximate surface area is 79.6 Å². The van der Waals surface area contributed by atoms with E-state index in [1.165, 1.54) is 0 Å². The molecule has 1 aromatic rings. The second-order valence-electron chi connectivity index (χ2n) is 2.16. The highest BCUT2D eigenvalue weighted by molar-refractivity contribution is 9.10. The first-order chi connectivity index (χ1) is 6.00. The first-order valence-electron chi connectivity index (χ1n) is 3.16. The van der Waals surface area contributed by atoms with Gasteiger partial charge in [0.25, 0.3) is 6.43 Å². The van der Waals surface area contributed by atoms with Crippen molar-refractivity contribution in [1.29, 1.82) is 0 Å². The van der Waals surface area contributed by atoms with Gasteiger partial charge in [-0.2, -0.15) is 4.68 Å². The van der Waals surface area contributed by atoms with Gasteiger partial charge in [-0.1, -0.05) is 0 Å². The molecule has 0 atom stereocenters. The van der Waals surface area contributed by atoms with Crippen molar-refractivity contribution in [3.05, 3.63) is 20.8 Å². The molecule has 0 aliphatic heterocycles. The Kier molecular flexibility index (Phi) is 2.91. The van der Waals surface area contributed by atoms with Crippen LogP contribution in [0.4, 0.5) is 14.6 Å². The fourth-order valence-electron chi connectivity index (χ4n) is 0.729. The summed E-state index contributed by atoms with van der Waals surface area (Å²) < 4.78 is 24.7. The van der Waals surface area contributed by atoms with E-state index in [1.54, 1.807) is 0 Å². The summed E-state index contributed by atoms with van der Waals surface area (Å²) in [4.78, 5) is 9.43. The van der Waals surface area contributed by atoms with Crippen molar-refractivity contribution < 1.29 is 13.7 Å². The highest BCUT2D eigenvalue weighted by Gasteiger charge is 2.18.